The molecule has 17 heavy (non-hydrogen) atoms. The topological polar surface area (TPSA) is 50.4 Å². The lowest BCUT2D eigenvalue weighted by Gasteiger charge is -2.01. The fourth-order valence-electron chi connectivity index (χ4n) is 1.50. The van der Waals surface area contributed by atoms with Gasteiger partial charge in [-0.1, -0.05) is 17.7 Å². The number of thioether (sulfide) groups is 1. The normalized spacial score (nSPS) is 10.4. The number of benzene rings is 1. The van der Waals surface area contributed by atoms with Crippen LogP contribution in [0.15, 0.2) is 45.9 Å². The quantitative estimate of drug-likeness (QED) is 0.840. The summed E-state index contributed by atoms with van der Waals surface area (Å²) in [6, 6.07) is 9.81. The molecular formula is C13H12O3S. The Morgan fingerprint density at radius 1 is 1.41 bits per heavy atom. The molecular weight excluding hydrogens is 236 g/mol. The van der Waals surface area contributed by atoms with Crippen LogP contribution in [0.5, 0.6) is 0 Å². The summed E-state index contributed by atoms with van der Waals surface area (Å²) in [4.78, 5) is 12.0. The number of furan rings is 1. The van der Waals surface area contributed by atoms with Crippen LogP contribution < -0.4 is 0 Å². The Bertz CT molecular complexity index is 531. The summed E-state index contributed by atoms with van der Waals surface area (Å²) in [5.74, 6) is -0.387. The molecule has 4 heteroatoms. The van der Waals surface area contributed by atoms with Gasteiger partial charge in [-0.3, -0.25) is 0 Å². The van der Waals surface area contributed by atoms with E-state index in [-0.39, 0.29) is 5.76 Å². The molecule has 0 aliphatic carbocycles. The average Bonchev–Trinajstić information content (AvgIpc) is 2.74. The summed E-state index contributed by atoms with van der Waals surface area (Å²) < 4.78 is 4.93. The van der Waals surface area contributed by atoms with Crippen molar-refractivity contribution in [1.82, 2.24) is 0 Å². The molecule has 0 spiro atoms. The van der Waals surface area contributed by atoms with Crippen LogP contribution >= 0.6 is 11.8 Å². The molecule has 2 aromatic rings. The summed E-state index contributed by atoms with van der Waals surface area (Å²) in [5.41, 5.74) is 1.91. The van der Waals surface area contributed by atoms with Gasteiger partial charge in [0.25, 0.3) is 0 Å². The predicted octanol–water partition coefficient (Wildman–Crippen LogP) is 3.58. The maximum Gasteiger partial charge on any atom is 0.372 e. The first-order valence-corrected chi connectivity index (χ1v) is 6.14. The number of carboxylic acid groups (broad SMARTS) is 1. The van der Waals surface area contributed by atoms with Gasteiger partial charge in [0.15, 0.2) is 0 Å². The smallest absolute Gasteiger partial charge is 0.372 e. The number of hydrogen-bond donors (Lipinski definition) is 1. The van der Waals surface area contributed by atoms with Gasteiger partial charge in [-0.05, 0) is 25.1 Å². The SMILES string of the molecule is Cc1cccc(SCc2ccoc2C(=O)O)c1. The van der Waals surface area contributed by atoms with Crippen molar-refractivity contribution in [3.8, 4) is 0 Å². The van der Waals surface area contributed by atoms with Gasteiger partial charge in [-0.2, -0.15) is 0 Å². The molecule has 3 nitrogen and oxygen atoms in total. The minimum atomic E-state index is -1.02. The molecule has 0 radical (unpaired) electrons. The van der Waals surface area contributed by atoms with E-state index in [1.54, 1.807) is 17.8 Å². The van der Waals surface area contributed by atoms with Gasteiger partial charge in [0, 0.05) is 16.2 Å². The largest absolute Gasteiger partial charge is 0.475 e. The summed E-state index contributed by atoms with van der Waals surface area (Å²) >= 11 is 1.60. The highest BCUT2D eigenvalue weighted by Gasteiger charge is 2.13. The van der Waals surface area contributed by atoms with E-state index in [1.165, 1.54) is 11.8 Å². The first kappa shape index (κ1) is 11.8. The fraction of sp³-hybridized carbons (Fsp3) is 0.154. The zero-order valence-corrected chi connectivity index (χ0v) is 10.2. The van der Waals surface area contributed by atoms with Crippen LogP contribution in [0.1, 0.15) is 21.7 Å². The van der Waals surface area contributed by atoms with Gasteiger partial charge < -0.3 is 9.52 Å². The van der Waals surface area contributed by atoms with E-state index >= 15 is 0 Å². The molecule has 88 valence electrons. The van der Waals surface area contributed by atoms with Gasteiger partial charge >= 0.3 is 5.97 Å². The molecule has 0 amide bonds. The molecule has 1 heterocycles. The lowest BCUT2D eigenvalue weighted by Crippen LogP contribution is -1.97. The first-order valence-electron chi connectivity index (χ1n) is 5.16. The van der Waals surface area contributed by atoms with E-state index in [1.807, 2.05) is 25.1 Å². The third kappa shape index (κ3) is 2.91. The van der Waals surface area contributed by atoms with Crippen molar-refractivity contribution in [2.75, 3.05) is 0 Å². The van der Waals surface area contributed by atoms with Crippen molar-refractivity contribution in [3.05, 3.63) is 53.5 Å². The van der Waals surface area contributed by atoms with E-state index in [0.717, 1.165) is 4.90 Å². The van der Waals surface area contributed by atoms with Gasteiger partial charge in [-0.25, -0.2) is 4.79 Å². The number of aryl methyl sites for hydroxylation is 1. The maximum atomic E-state index is 10.8. The second kappa shape index (κ2) is 5.10. The van der Waals surface area contributed by atoms with Crippen molar-refractivity contribution in [2.24, 2.45) is 0 Å². The standard InChI is InChI=1S/C13H12O3S/c1-9-3-2-4-11(7-9)17-8-10-5-6-16-12(10)13(14)15/h2-7H,8H2,1H3,(H,14,15). The summed E-state index contributed by atoms with van der Waals surface area (Å²) in [6.07, 6.45) is 1.41. The lowest BCUT2D eigenvalue weighted by atomic mass is 10.2. The van der Waals surface area contributed by atoms with Crippen molar-refractivity contribution in [1.29, 1.82) is 0 Å². The molecule has 1 aromatic carbocycles. The van der Waals surface area contributed by atoms with Crippen LogP contribution in [-0.2, 0) is 5.75 Å². The highest BCUT2D eigenvalue weighted by molar-refractivity contribution is 7.98. The third-order valence-electron chi connectivity index (χ3n) is 2.32. The fourth-order valence-corrected chi connectivity index (χ4v) is 2.50. The number of hydrogen-bond acceptors (Lipinski definition) is 3. The number of carbonyl (C=O) groups is 1. The van der Waals surface area contributed by atoms with Crippen LogP contribution in [0.3, 0.4) is 0 Å². The Hall–Kier alpha value is -1.68. The molecule has 1 aromatic heterocycles. The second-order valence-electron chi connectivity index (χ2n) is 3.69. The minimum absolute atomic E-state index is 0.0325. The van der Waals surface area contributed by atoms with Crippen molar-refractivity contribution in [2.45, 2.75) is 17.6 Å². The first-order chi connectivity index (χ1) is 8.16. The summed E-state index contributed by atoms with van der Waals surface area (Å²) in [7, 11) is 0. The van der Waals surface area contributed by atoms with Crippen LogP contribution in [0.25, 0.3) is 0 Å². The minimum Gasteiger partial charge on any atom is -0.475 e. The predicted molar refractivity (Wildman–Crippen MR) is 66.4 cm³/mol. The number of carboxylic acids is 1. The maximum absolute atomic E-state index is 10.8. The van der Waals surface area contributed by atoms with Crippen LogP contribution in [0.2, 0.25) is 0 Å². The average molecular weight is 248 g/mol. The molecule has 0 saturated heterocycles. The molecule has 0 atom stereocenters. The Balaban J connectivity index is 2.07. The van der Waals surface area contributed by atoms with Crippen molar-refractivity contribution in [3.63, 3.8) is 0 Å². The molecule has 0 bridgehead atoms. The highest BCUT2D eigenvalue weighted by Crippen LogP contribution is 2.25. The Morgan fingerprint density at radius 3 is 2.94 bits per heavy atom. The van der Waals surface area contributed by atoms with E-state index in [4.69, 9.17) is 9.52 Å². The zero-order valence-electron chi connectivity index (χ0n) is 9.34. The van der Waals surface area contributed by atoms with Gasteiger partial charge in [0.1, 0.15) is 0 Å². The Morgan fingerprint density at radius 2 is 2.24 bits per heavy atom. The molecule has 0 fully saturated rings. The van der Waals surface area contributed by atoms with E-state index in [9.17, 15) is 4.79 Å². The lowest BCUT2D eigenvalue weighted by molar-refractivity contribution is 0.0661. The second-order valence-corrected chi connectivity index (χ2v) is 4.73. The van der Waals surface area contributed by atoms with Crippen LogP contribution in [0, 0.1) is 6.92 Å². The monoisotopic (exact) mass is 248 g/mol. The Labute approximate surface area is 103 Å². The number of aromatic carboxylic acids is 1. The van der Waals surface area contributed by atoms with Crippen molar-refractivity contribution >= 4 is 17.7 Å². The summed E-state index contributed by atoms with van der Waals surface area (Å²) in [6.45, 7) is 2.03. The van der Waals surface area contributed by atoms with E-state index in [0.29, 0.717) is 11.3 Å². The van der Waals surface area contributed by atoms with Gasteiger partial charge in [-0.15, -0.1) is 11.8 Å². The van der Waals surface area contributed by atoms with Gasteiger partial charge in [0.05, 0.1) is 6.26 Å². The molecule has 2 rings (SSSR count). The molecule has 1 N–H and O–H groups in total. The molecule has 0 aliphatic rings. The molecule has 0 aliphatic heterocycles. The third-order valence-corrected chi connectivity index (χ3v) is 3.37. The summed E-state index contributed by atoms with van der Waals surface area (Å²) in [5, 5.41) is 8.89. The zero-order chi connectivity index (χ0) is 12.3. The van der Waals surface area contributed by atoms with E-state index < -0.39 is 5.97 Å². The van der Waals surface area contributed by atoms with Crippen LogP contribution in [0.4, 0.5) is 0 Å². The molecule has 0 saturated carbocycles. The van der Waals surface area contributed by atoms with Crippen molar-refractivity contribution < 1.29 is 14.3 Å². The number of rotatable bonds is 4. The highest BCUT2D eigenvalue weighted by atomic mass is 32.2. The van der Waals surface area contributed by atoms with Crippen LogP contribution in [-0.4, -0.2) is 11.1 Å². The van der Waals surface area contributed by atoms with E-state index in [2.05, 4.69) is 6.07 Å². The van der Waals surface area contributed by atoms with Gasteiger partial charge in [0.2, 0.25) is 5.76 Å². The molecule has 0 unspecified atom stereocenters. The Kier molecular flexibility index (Phi) is 3.54.